The predicted molar refractivity (Wildman–Crippen MR) is 56.7 cm³/mol. The Kier molecular flexibility index (Phi) is 5.17. The van der Waals surface area contributed by atoms with E-state index in [0.29, 0.717) is 13.1 Å². The van der Waals surface area contributed by atoms with Gasteiger partial charge in [0.2, 0.25) is 5.91 Å². The van der Waals surface area contributed by atoms with Crippen LogP contribution in [0.4, 0.5) is 0 Å². The molecular weight excluding hydrogens is 212 g/mol. The van der Waals surface area contributed by atoms with Crippen LogP contribution in [0.1, 0.15) is 12.8 Å². The van der Waals surface area contributed by atoms with Crippen molar-refractivity contribution in [1.29, 1.82) is 0 Å². The molecular formula is C9H18N4O3. The van der Waals surface area contributed by atoms with Crippen LogP contribution >= 0.6 is 0 Å². The van der Waals surface area contributed by atoms with Gasteiger partial charge >= 0.3 is 5.97 Å². The molecule has 1 aliphatic rings. The number of hydrazine groups is 1. The van der Waals surface area contributed by atoms with Crippen LogP contribution < -0.4 is 11.4 Å². The number of hydrogen-bond donors (Lipinski definition) is 2. The summed E-state index contributed by atoms with van der Waals surface area (Å²) in [6.07, 6.45) is 1.15. The molecule has 0 unspecified atom stereocenters. The van der Waals surface area contributed by atoms with Crippen LogP contribution in [0.25, 0.3) is 0 Å². The van der Waals surface area contributed by atoms with Crippen molar-refractivity contribution >= 4 is 11.9 Å². The van der Waals surface area contributed by atoms with Crippen LogP contribution in [0.3, 0.4) is 0 Å². The van der Waals surface area contributed by atoms with Gasteiger partial charge in [0, 0.05) is 26.7 Å². The molecule has 0 saturated carbocycles. The number of rotatable bonds is 4. The summed E-state index contributed by atoms with van der Waals surface area (Å²) >= 11 is 0. The third-order valence-electron chi connectivity index (χ3n) is 2.56. The largest absolute Gasteiger partial charge is 0.356 e. The molecule has 7 heteroatoms. The van der Waals surface area contributed by atoms with Gasteiger partial charge in [0.15, 0.2) is 0 Å². The first kappa shape index (κ1) is 12.9. The Bertz CT molecular complexity index is 259. The van der Waals surface area contributed by atoms with Crippen molar-refractivity contribution in [2.45, 2.75) is 12.8 Å². The smallest absolute Gasteiger partial charge is 0.327 e. The summed E-state index contributed by atoms with van der Waals surface area (Å²) in [6, 6.07) is 0. The molecule has 0 aliphatic carbocycles. The van der Waals surface area contributed by atoms with E-state index >= 15 is 0 Å². The molecule has 92 valence electrons. The van der Waals surface area contributed by atoms with Gasteiger partial charge in [-0.05, 0) is 6.42 Å². The van der Waals surface area contributed by atoms with Crippen molar-refractivity contribution in [1.82, 2.24) is 15.4 Å². The molecule has 0 aromatic heterocycles. The summed E-state index contributed by atoms with van der Waals surface area (Å²) in [5, 5.41) is 0. The van der Waals surface area contributed by atoms with Crippen molar-refractivity contribution in [3.8, 4) is 0 Å². The molecule has 1 amide bonds. The van der Waals surface area contributed by atoms with Gasteiger partial charge in [0.05, 0.1) is 13.0 Å². The van der Waals surface area contributed by atoms with Crippen LogP contribution in [0.2, 0.25) is 0 Å². The lowest BCUT2D eigenvalue weighted by atomic mass is 10.3. The van der Waals surface area contributed by atoms with Crippen LogP contribution in [-0.2, 0) is 14.4 Å². The average molecular weight is 230 g/mol. The summed E-state index contributed by atoms with van der Waals surface area (Å²) < 4.78 is 0. The average Bonchev–Trinajstić information content (AvgIpc) is 2.39. The van der Waals surface area contributed by atoms with Gasteiger partial charge in [-0.25, -0.2) is 5.84 Å². The second-order valence-electron chi connectivity index (χ2n) is 3.79. The Labute approximate surface area is 94.4 Å². The highest BCUT2D eigenvalue weighted by molar-refractivity contribution is 5.78. The fraction of sp³-hybridized carbons (Fsp3) is 0.778. The van der Waals surface area contributed by atoms with E-state index in [-0.39, 0.29) is 12.3 Å². The molecule has 0 radical (unpaired) electrons. The number of hydrogen-bond acceptors (Lipinski definition) is 6. The molecule has 0 aromatic carbocycles. The van der Waals surface area contributed by atoms with Crippen molar-refractivity contribution in [3.63, 3.8) is 0 Å². The van der Waals surface area contributed by atoms with Gasteiger partial charge in [-0.15, -0.1) is 0 Å². The van der Waals surface area contributed by atoms with Gasteiger partial charge in [-0.2, -0.15) is 0 Å². The Morgan fingerprint density at radius 3 is 3.00 bits per heavy atom. The second kappa shape index (κ2) is 6.41. The maximum atomic E-state index is 11.5. The molecule has 1 rings (SSSR count). The first-order valence-electron chi connectivity index (χ1n) is 5.25. The van der Waals surface area contributed by atoms with Crippen LogP contribution in [0, 0.1) is 0 Å². The van der Waals surface area contributed by atoms with Gasteiger partial charge in [0.1, 0.15) is 0 Å². The van der Waals surface area contributed by atoms with E-state index in [2.05, 4.69) is 4.84 Å². The highest BCUT2D eigenvalue weighted by Gasteiger charge is 2.19. The van der Waals surface area contributed by atoms with Crippen molar-refractivity contribution in [2.75, 3.05) is 33.2 Å². The van der Waals surface area contributed by atoms with E-state index in [0.717, 1.165) is 19.5 Å². The van der Waals surface area contributed by atoms with Gasteiger partial charge in [-0.3, -0.25) is 14.5 Å². The topological polar surface area (TPSA) is 87.9 Å². The lowest BCUT2D eigenvalue weighted by Gasteiger charge is -2.18. The normalized spacial score (nSPS) is 18.4. The first-order valence-corrected chi connectivity index (χ1v) is 5.25. The van der Waals surface area contributed by atoms with E-state index < -0.39 is 5.97 Å². The van der Waals surface area contributed by atoms with E-state index in [4.69, 9.17) is 5.84 Å². The second-order valence-corrected chi connectivity index (χ2v) is 3.79. The fourth-order valence-corrected chi connectivity index (χ4v) is 1.60. The quantitative estimate of drug-likeness (QED) is 0.449. The minimum absolute atomic E-state index is 0.0859. The molecule has 3 N–H and O–H groups in total. The van der Waals surface area contributed by atoms with Crippen molar-refractivity contribution in [2.24, 2.45) is 5.84 Å². The van der Waals surface area contributed by atoms with E-state index in [1.54, 1.807) is 11.9 Å². The van der Waals surface area contributed by atoms with Crippen molar-refractivity contribution < 1.29 is 14.4 Å². The molecule has 0 spiro atoms. The predicted octanol–water partition coefficient (Wildman–Crippen LogP) is -1.54. The zero-order valence-corrected chi connectivity index (χ0v) is 9.44. The lowest BCUT2D eigenvalue weighted by Crippen LogP contribution is -2.36. The van der Waals surface area contributed by atoms with Crippen LogP contribution in [-0.4, -0.2) is 54.9 Å². The molecule has 1 saturated heterocycles. The molecule has 16 heavy (non-hydrogen) atoms. The van der Waals surface area contributed by atoms with E-state index in [1.165, 1.54) is 0 Å². The number of likely N-dealkylation sites (N-methyl/N-ethyl adjacent to an activating group) is 1. The van der Waals surface area contributed by atoms with Crippen molar-refractivity contribution in [3.05, 3.63) is 0 Å². The summed E-state index contributed by atoms with van der Waals surface area (Å²) in [6.45, 7) is 2.46. The number of nitrogens with one attached hydrogen (secondary N) is 1. The summed E-state index contributed by atoms with van der Waals surface area (Å²) in [5.41, 5.74) is 1.84. The molecule has 1 aliphatic heterocycles. The van der Waals surface area contributed by atoms with Gasteiger partial charge < -0.3 is 9.74 Å². The first-order chi connectivity index (χ1) is 7.63. The fourth-order valence-electron chi connectivity index (χ4n) is 1.60. The zero-order chi connectivity index (χ0) is 12.0. The minimum atomic E-state index is -0.424. The number of carbonyl (C=O) groups excluding carboxylic acids is 2. The third-order valence-corrected chi connectivity index (χ3v) is 2.56. The third kappa shape index (κ3) is 4.13. The molecule has 1 fully saturated rings. The van der Waals surface area contributed by atoms with E-state index in [9.17, 15) is 9.59 Å². The standard InChI is InChI=1S/C9H18N4O3/c1-12-4-2-5-13(7-8(12)14)6-3-9(15)16-11-10/h11H,2-7,10H2,1H3. The monoisotopic (exact) mass is 230 g/mol. The number of amides is 1. The number of carbonyl (C=O) groups is 2. The summed E-state index contributed by atoms with van der Waals surface area (Å²) in [4.78, 5) is 30.6. The molecule has 0 aromatic rings. The Morgan fingerprint density at radius 2 is 2.31 bits per heavy atom. The maximum Gasteiger partial charge on any atom is 0.327 e. The number of nitrogens with two attached hydrogens (primary N) is 1. The Balaban J connectivity index is 2.31. The van der Waals surface area contributed by atoms with E-state index in [1.807, 2.05) is 10.5 Å². The SMILES string of the molecule is CN1CCCN(CCC(=O)ONN)CC1=O. The summed E-state index contributed by atoms with van der Waals surface area (Å²) in [5.74, 6) is 4.50. The molecule has 7 nitrogen and oxygen atoms in total. The Hall–Kier alpha value is -1.18. The summed E-state index contributed by atoms with van der Waals surface area (Å²) in [7, 11) is 1.79. The zero-order valence-electron chi connectivity index (χ0n) is 9.44. The maximum absolute atomic E-state index is 11.5. The lowest BCUT2D eigenvalue weighted by molar-refractivity contribution is -0.151. The minimum Gasteiger partial charge on any atom is -0.356 e. The molecule has 0 bridgehead atoms. The van der Waals surface area contributed by atoms with Gasteiger partial charge in [-0.1, -0.05) is 5.59 Å². The Morgan fingerprint density at radius 1 is 1.56 bits per heavy atom. The van der Waals surface area contributed by atoms with Gasteiger partial charge in [0.25, 0.3) is 0 Å². The highest BCUT2D eigenvalue weighted by atomic mass is 16.7. The molecule has 0 atom stereocenters. The highest BCUT2D eigenvalue weighted by Crippen LogP contribution is 2.03. The number of nitrogens with zero attached hydrogens (tertiary/aromatic N) is 2. The molecule has 1 heterocycles. The van der Waals surface area contributed by atoms with Crippen LogP contribution in [0.5, 0.6) is 0 Å². The van der Waals surface area contributed by atoms with Crippen LogP contribution in [0.15, 0.2) is 0 Å².